The maximum Gasteiger partial charge on any atom is 0.266 e. The summed E-state index contributed by atoms with van der Waals surface area (Å²) >= 11 is 2.44. The van der Waals surface area contributed by atoms with Crippen LogP contribution in [0.2, 0.25) is 0 Å². The Hall–Kier alpha value is -2.64. The molecule has 0 fully saturated rings. The molecule has 3 rings (SSSR count). The van der Waals surface area contributed by atoms with Crippen LogP contribution in [0.25, 0.3) is 11.1 Å². The lowest BCUT2D eigenvalue weighted by molar-refractivity contribution is -0.254. The number of methoxy groups -OCH3 is 1. The highest BCUT2D eigenvalue weighted by atomic mass is 32.1. The Morgan fingerprint density at radius 2 is 1.88 bits per heavy atom. The number of carboxylic acids is 1. The predicted octanol–water partition coefficient (Wildman–Crippen LogP) is 3.10. The summed E-state index contributed by atoms with van der Waals surface area (Å²) in [4.78, 5) is 24.3. The van der Waals surface area contributed by atoms with E-state index in [1.165, 1.54) is 11.3 Å². The van der Waals surface area contributed by atoms with Gasteiger partial charge >= 0.3 is 0 Å². The molecule has 122 valence electrons. The van der Waals surface area contributed by atoms with Gasteiger partial charge in [-0.1, -0.05) is 18.2 Å². The average molecular weight is 358 g/mol. The van der Waals surface area contributed by atoms with Crippen molar-refractivity contribution in [2.45, 2.75) is 0 Å². The molecular weight excluding hydrogens is 346 g/mol. The van der Waals surface area contributed by atoms with Crippen molar-refractivity contribution in [3.8, 4) is 16.9 Å². The van der Waals surface area contributed by atoms with Gasteiger partial charge in [0.25, 0.3) is 5.91 Å². The molecular formula is C17H12NO4S2-. The summed E-state index contributed by atoms with van der Waals surface area (Å²) in [6.45, 7) is 0. The first-order valence-electron chi connectivity index (χ1n) is 6.92. The smallest absolute Gasteiger partial charge is 0.266 e. The summed E-state index contributed by atoms with van der Waals surface area (Å²) in [6, 6.07) is 10.5. The number of hydrogen-bond donors (Lipinski definition) is 1. The Labute approximate surface area is 146 Å². The van der Waals surface area contributed by atoms with Gasteiger partial charge in [0, 0.05) is 16.5 Å². The summed E-state index contributed by atoms with van der Waals surface area (Å²) in [6.07, 6.45) is 0. The van der Waals surface area contributed by atoms with Gasteiger partial charge in [0.1, 0.15) is 10.8 Å². The molecule has 0 aliphatic rings. The molecule has 7 heteroatoms. The molecule has 2 aromatic heterocycles. The van der Waals surface area contributed by atoms with Crippen LogP contribution in [-0.4, -0.2) is 19.0 Å². The first kappa shape index (κ1) is 16.2. The summed E-state index contributed by atoms with van der Waals surface area (Å²) < 4.78 is 5.10. The fourth-order valence-electron chi connectivity index (χ4n) is 2.21. The molecule has 0 unspecified atom stereocenters. The van der Waals surface area contributed by atoms with E-state index in [9.17, 15) is 14.7 Å². The second-order valence-corrected chi connectivity index (χ2v) is 6.63. The van der Waals surface area contributed by atoms with Gasteiger partial charge in [-0.3, -0.25) is 4.79 Å². The normalized spacial score (nSPS) is 10.4. The Morgan fingerprint density at radius 3 is 2.46 bits per heavy atom. The third-order valence-corrected chi connectivity index (χ3v) is 5.13. The van der Waals surface area contributed by atoms with Gasteiger partial charge in [-0.25, -0.2) is 0 Å². The van der Waals surface area contributed by atoms with E-state index in [1.54, 1.807) is 54.3 Å². The van der Waals surface area contributed by atoms with Crippen LogP contribution in [0.5, 0.6) is 5.75 Å². The van der Waals surface area contributed by atoms with Gasteiger partial charge in [0.15, 0.2) is 0 Å². The van der Waals surface area contributed by atoms with Crippen molar-refractivity contribution in [1.82, 2.24) is 0 Å². The number of rotatable bonds is 5. The lowest BCUT2D eigenvalue weighted by Gasteiger charge is -2.10. The number of carbonyl (C=O) groups is 2. The lowest BCUT2D eigenvalue weighted by atomic mass is 10.0. The third kappa shape index (κ3) is 3.17. The molecule has 1 N–H and O–H groups in total. The van der Waals surface area contributed by atoms with Crippen LogP contribution in [-0.2, 0) is 0 Å². The van der Waals surface area contributed by atoms with Crippen LogP contribution < -0.4 is 15.2 Å². The molecule has 0 bridgehead atoms. The minimum absolute atomic E-state index is 0.0185. The molecule has 0 aliphatic heterocycles. The largest absolute Gasteiger partial charge is 0.545 e. The van der Waals surface area contributed by atoms with E-state index in [0.29, 0.717) is 21.8 Å². The Morgan fingerprint density at radius 1 is 1.12 bits per heavy atom. The number of hydrogen-bond acceptors (Lipinski definition) is 6. The second-order valence-electron chi connectivity index (χ2n) is 4.80. The van der Waals surface area contributed by atoms with Crippen LogP contribution in [0.4, 0.5) is 5.00 Å². The van der Waals surface area contributed by atoms with E-state index in [-0.39, 0.29) is 16.5 Å². The van der Waals surface area contributed by atoms with E-state index >= 15 is 0 Å². The van der Waals surface area contributed by atoms with E-state index < -0.39 is 5.97 Å². The first-order valence-corrected chi connectivity index (χ1v) is 8.68. The number of carbonyl (C=O) groups excluding carboxylic acids is 2. The van der Waals surface area contributed by atoms with Crippen molar-refractivity contribution >= 4 is 39.6 Å². The van der Waals surface area contributed by atoms with Crippen molar-refractivity contribution in [2.24, 2.45) is 0 Å². The van der Waals surface area contributed by atoms with Gasteiger partial charge in [-0.05, 0) is 29.1 Å². The Bertz CT molecular complexity index is 867. The summed E-state index contributed by atoms with van der Waals surface area (Å²) in [5.74, 6) is -0.991. The highest BCUT2D eigenvalue weighted by Gasteiger charge is 2.17. The quantitative estimate of drug-likeness (QED) is 0.760. The molecule has 0 atom stereocenters. The Kier molecular flexibility index (Phi) is 4.64. The summed E-state index contributed by atoms with van der Waals surface area (Å²) in [5.41, 5.74) is 1.20. The average Bonchev–Trinajstić information content (AvgIpc) is 3.24. The summed E-state index contributed by atoms with van der Waals surface area (Å²) in [5, 5.41) is 18.0. The van der Waals surface area contributed by atoms with Crippen molar-refractivity contribution in [2.75, 3.05) is 12.4 Å². The van der Waals surface area contributed by atoms with Crippen LogP contribution in [0, 0.1) is 0 Å². The fourth-order valence-corrected chi connectivity index (χ4v) is 3.78. The van der Waals surface area contributed by atoms with Crippen molar-refractivity contribution < 1.29 is 19.4 Å². The minimum atomic E-state index is -1.33. The first-order chi connectivity index (χ1) is 11.6. The zero-order valence-corrected chi connectivity index (χ0v) is 14.2. The van der Waals surface area contributed by atoms with Gasteiger partial charge in [0.2, 0.25) is 0 Å². The third-order valence-electron chi connectivity index (χ3n) is 3.37. The van der Waals surface area contributed by atoms with Gasteiger partial charge in [-0.15, -0.1) is 22.7 Å². The van der Waals surface area contributed by atoms with Crippen LogP contribution in [0.1, 0.15) is 20.0 Å². The molecule has 1 amide bonds. The van der Waals surface area contributed by atoms with Crippen molar-refractivity contribution in [1.29, 1.82) is 0 Å². The molecule has 5 nitrogen and oxygen atoms in total. The number of ether oxygens (including phenoxy) is 1. The Balaban J connectivity index is 1.95. The number of benzene rings is 1. The molecule has 0 spiro atoms. The predicted molar refractivity (Wildman–Crippen MR) is 92.9 cm³/mol. The zero-order chi connectivity index (χ0) is 17.1. The summed E-state index contributed by atoms with van der Waals surface area (Å²) in [7, 11) is 1.56. The number of carboxylic acid groups (broad SMARTS) is 1. The molecule has 24 heavy (non-hydrogen) atoms. The van der Waals surface area contributed by atoms with Gasteiger partial charge < -0.3 is 20.0 Å². The van der Waals surface area contributed by atoms with Crippen molar-refractivity contribution in [3.63, 3.8) is 0 Å². The standard InChI is InChI=1S/C17H13NO4S2/c1-22-11-6-4-10(5-7-11)12-9-24-16(14(12)17(20)21)18-15(19)13-3-2-8-23-13/h2-9H,1H3,(H,18,19)(H,20,21)/p-1. The second kappa shape index (κ2) is 6.86. The molecule has 0 aliphatic carbocycles. The fraction of sp³-hybridized carbons (Fsp3) is 0.0588. The number of nitrogens with one attached hydrogen (secondary N) is 1. The molecule has 3 aromatic rings. The highest BCUT2D eigenvalue weighted by Crippen LogP contribution is 2.36. The molecule has 0 saturated heterocycles. The number of amides is 1. The SMILES string of the molecule is COc1ccc(-c2csc(NC(=O)c3cccs3)c2C(=O)[O-])cc1. The molecule has 2 heterocycles. The number of thiophene rings is 2. The zero-order valence-electron chi connectivity index (χ0n) is 12.6. The van der Waals surface area contributed by atoms with E-state index in [1.807, 2.05) is 0 Å². The molecule has 1 aromatic carbocycles. The monoisotopic (exact) mass is 358 g/mol. The molecule has 0 saturated carbocycles. The van der Waals surface area contributed by atoms with Crippen LogP contribution in [0.3, 0.4) is 0 Å². The minimum Gasteiger partial charge on any atom is -0.545 e. The molecule has 0 radical (unpaired) electrons. The van der Waals surface area contributed by atoms with Crippen LogP contribution >= 0.6 is 22.7 Å². The van der Waals surface area contributed by atoms with Gasteiger partial charge in [0.05, 0.1) is 18.0 Å². The highest BCUT2D eigenvalue weighted by molar-refractivity contribution is 7.15. The maximum absolute atomic E-state index is 12.2. The van der Waals surface area contributed by atoms with Crippen LogP contribution in [0.15, 0.2) is 47.2 Å². The van der Waals surface area contributed by atoms with Gasteiger partial charge in [-0.2, -0.15) is 0 Å². The van der Waals surface area contributed by atoms with E-state index in [4.69, 9.17) is 4.74 Å². The van der Waals surface area contributed by atoms with E-state index in [2.05, 4.69) is 5.32 Å². The van der Waals surface area contributed by atoms with Crippen molar-refractivity contribution in [3.05, 3.63) is 57.6 Å². The number of aromatic carboxylic acids is 1. The maximum atomic E-state index is 12.2. The van der Waals surface area contributed by atoms with E-state index in [0.717, 1.165) is 11.3 Å². The topological polar surface area (TPSA) is 78.5 Å². The number of anilines is 1. The lowest BCUT2D eigenvalue weighted by Crippen LogP contribution is -2.24.